The van der Waals surface area contributed by atoms with Gasteiger partial charge in [-0.25, -0.2) is 8.78 Å². The van der Waals surface area contributed by atoms with Gasteiger partial charge in [0.05, 0.1) is 18.9 Å². The fourth-order valence-electron chi connectivity index (χ4n) is 4.12. The van der Waals surface area contributed by atoms with Crippen molar-refractivity contribution in [3.8, 4) is 16.9 Å². The number of benzene rings is 2. The zero-order chi connectivity index (χ0) is 27.4. The zero-order valence-electron chi connectivity index (χ0n) is 20.2. The number of amides is 1. The van der Waals surface area contributed by atoms with E-state index >= 15 is 0 Å². The maximum Gasteiger partial charge on any atom is 0.252 e. The summed E-state index contributed by atoms with van der Waals surface area (Å²) in [4.78, 5) is 42.5. The van der Waals surface area contributed by atoms with Crippen LogP contribution < -0.4 is 16.0 Å². The van der Waals surface area contributed by atoms with E-state index < -0.39 is 34.9 Å². The molecule has 2 aromatic heterocycles. The van der Waals surface area contributed by atoms with Crippen LogP contribution in [0, 0.1) is 11.6 Å². The van der Waals surface area contributed by atoms with Crippen LogP contribution in [0.1, 0.15) is 27.7 Å². The Labute approximate surface area is 221 Å². The van der Waals surface area contributed by atoms with E-state index in [1.807, 2.05) is 0 Å². The Balaban J connectivity index is 1.77. The quantitative estimate of drug-likeness (QED) is 0.337. The standard InChI is InChI=1S/C28H22ClF2N3O4/c1-38-26-15-34(27(36)14-21(26)20-12-17(29)6-8-22(20)30)24(13-18-4-2-3-9-33-18)25(35)11-16-5-7-19(28(32)37)23(31)10-16/h2-10,12,14-15,24H,11,13H2,1H3,(H2,32,37). The minimum absolute atomic E-state index is 0.0511. The first kappa shape index (κ1) is 26.7. The van der Waals surface area contributed by atoms with Gasteiger partial charge in [-0.3, -0.25) is 19.4 Å². The molecule has 2 heterocycles. The number of aromatic nitrogens is 2. The van der Waals surface area contributed by atoms with Crippen molar-refractivity contribution in [2.75, 3.05) is 7.11 Å². The van der Waals surface area contributed by atoms with Crippen LogP contribution in [-0.2, 0) is 17.6 Å². The van der Waals surface area contributed by atoms with E-state index in [1.165, 1.54) is 54.3 Å². The number of ether oxygens (including phenoxy) is 1. The van der Waals surface area contributed by atoms with Crippen LogP contribution in [0.4, 0.5) is 8.78 Å². The average molecular weight is 538 g/mol. The van der Waals surface area contributed by atoms with Crippen LogP contribution in [-0.4, -0.2) is 28.4 Å². The van der Waals surface area contributed by atoms with Gasteiger partial charge in [0, 0.05) is 46.9 Å². The smallest absolute Gasteiger partial charge is 0.252 e. The molecular formula is C28H22ClF2N3O4. The second-order valence-electron chi connectivity index (χ2n) is 8.49. The van der Waals surface area contributed by atoms with E-state index in [-0.39, 0.29) is 40.3 Å². The lowest BCUT2D eigenvalue weighted by Crippen LogP contribution is -2.32. The Morgan fingerprint density at radius 2 is 1.84 bits per heavy atom. The molecule has 0 bridgehead atoms. The second-order valence-corrected chi connectivity index (χ2v) is 8.92. The van der Waals surface area contributed by atoms with Gasteiger partial charge in [0.1, 0.15) is 23.4 Å². The third-order valence-electron chi connectivity index (χ3n) is 6.00. The second kappa shape index (κ2) is 11.4. The molecule has 0 aliphatic heterocycles. The number of carbonyl (C=O) groups excluding carboxylic acids is 2. The summed E-state index contributed by atoms with van der Waals surface area (Å²) >= 11 is 6.04. The number of halogens is 3. The van der Waals surface area contributed by atoms with Crippen molar-refractivity contribution in [2.45, 2.75) is 18.9 Å². The highest BCUT2D eigenvalue weighted by atomic mass is 35.5. The molecule has 0 aliphatic rings. The molecule has 0 fully saturated rings. The molecule has 0 aliphatic carbocycles. The zero-order valence-corrected chi connectivity index (χ0v) is 20.9. The van der Waals surface area contributed by atoms with Crippen molar-refractivity contribution in [2.24, 2.45) is 5.73 Å². The molecule has 10 heteroatoms. The Morgan fingerprint density at radius 1 is 1.05 bits per heavy atom. The number of nitrogens with zero attached hydrogens (tertiary/aromatic N) is 2. The lowest BCUT2D eigenvalue weighted by Gasteiger charge is -2.21. The molecule has 1 unspecified atom stereocenters. The fourth-order valence-corrected chi connectivity index (χ4v) is 4.29. The topological polar surface area (TPSA) is 104 Å². The Bertz CT molecular complexity index is 1570. The molecule has 1 atom stereocenters. The van der Waals surface area contributed by atoms with Crippen molar-refractivity contribution in [3.05, 3.63) is 117 Å². The summed E-state index contributed by atoms with van der Waals surface area (Å²) in [5, 5.41) is 0.269. The first-order valence-corrected chi connectivity index (χ1v) is 11.8. The number of carbonyl (C=O) groups is 2. The maximum absolute atomic E-state index is 14.6. The number of hydrogen-bond acceptors (Lipinski definition) is 5. The summed E-state index contributed by atoms with van der Waals surface area (Å²) in [7, 11) is 1.36. The van der Waals surface area contributed by atoms with Crippen LogP contribution in [0.3, 0.4) is 0 Å². The molecule has 38 heavy (non-hydrogen) atoms. The van der Waals surface area contributed by atoms with Crippen LogP contribution in [0.5, 0.6) is 5.75 Å². The van der Waals surface area contributed by atoms with Crippen LogP contribution in [0.15, 0.2) is 77.9 Å². The number of Topliss-reactive ketones (excluding diaryl/α,β-unsaturated/α-hetero) is 1. The third-order valence-corrected chi connectivity index (χ3v) is 6.23. The Hall–Kier alpha value is -4.37. The molecule has 0 spiro atoms. The van der Waals surface area contributed by atoms with Gasteiger partial charge in [-0.05, 0) is 48.0 Å². The van der Waals surface area contributed by atoms with E-state index in [0.29, 0.717) is 11.3 Å². The van der Waals surface area contributed by atoms with E-state index in [9.17, 15) is 23.2 Å². The van der Waals surface area contributed by atoms with Gasteiger partial charge in [-0.1, -0.05) is 23.7 Å². The summed E-state index contributed by atoms with van der Waals surface area (Å²) in [6.07, 6.45) is 2.70. The molecule has 2 aromatic carbocycles. The molecule has 0 saturated heterocycles. The van der Waals surface area contributed by atoms with Gasteiger partial charge in [-0.15, -0.1) is 0 Å². The van der Waals surface area contributed by atoms with Gasteiger partial charge in [0.15, 0.2) is 5.78 Å². The number of rotatable bonds is 9. The van der Waals surface area contributed by atoms with Crippen molar-refractivity contribution in [3.63, 3.8) is 0 Å². The average Bonchev–Trinajstić information content (AvgIpc) is 2.89. The number of methoxy groups -OCH3 is 1. The molecule has 1 amide bonds. The van der Waals surface area contributed by atoms with Crippen molar-refractivity contribution in [1.82, 2.24) is 9.55 Å². The van der Waals surface area contributed by atoms with Gasteiger partial charge in [-0.2, -0.15) is 0 Å². The predicted octanol–water partition coefficient (Wildman–Crippen LogP) is 4.55. The molecule has 0 radical (unpaired) electrons. The summed E-state index contributed by atoms with van der Waals surface area (Å²) < 4.78 is 35.5. The first-order valence-electron chi connectivity index (χ1n) is 11.4. The highest BCUT2D eigenvalue weighted by Gasteiger charge is 2.25. The van der Waals surface area contributed by atoms with E-state index in [4.69, 9.17) is 22.1 Å². The lowest BCUT2D eigenvalue weighted by atomic mass is 9.98. The summed E-state index contributed by atoms with van der Waals surface area (Å²) in [6, 6.07) is 12.9. The maximum atomic E-state index is 14.6. The van der Waals surface area contributed by atoms with Crippen LogP contribution in [0.2, 0.25) is 5.02 Å². The Morgan fingerprint density at radius 3 is 2.50 bits per heavy atom. The molecule has 2 N–H and O–H groups in total. The molecule has 4 rings (SSSR count). The predicted molar refractivity (Wildman–Crippen MR) is 138 cm³/mol. The lowest BCUT2D eigenvalue weighted by molar-refractivity contribution is -0.121. The molecular weight excluding hydrogens is 516 g/mol. The highest BCUT2D eigenvalue weighted by Crippen LogP contribution is 2.33. The number of primary amides is 1. The minimum Gasteiger partial charge on any atom is -0.495 e. The summed E-state index contributed by atoms with van der Waals surface area (Å²) in [5.74, 6) is -2.67. The third kappa shape index (κ3) is 5.78. The highest BCUT2D eigenvalue weighted by molar-refractivity contribution is 6.30. The minimum atomic E-state index is -1.05. The Kier molecular flexibility index (Phi) is 7.97. The monoisotopic (exact) mass is 537 g/mol. The number of pyridine rings is 2. The van der Waals surface area contributed by atoms with E-state index in [0.717, 1.165) is 6.07 Å². The molecule has 194 valence electrons. The number of ketones is 1. The summed E-state index contributed by atoms with van der Waals surface area (Å²) in [6.45, 7) is 0. The largest absolute Gasteiger partial charge is 0.495 e. The molecule has 7 nitrogen and oxygen atoms in total. The van der Waals surface area contributed by atoms with Gasteiger partial charge in [0.2, 0.25) is 0 Å². The van der Waals surface area contributed by atoms with Gasteiger partial charge >= 0.3 is 0 Å². The number of nitrogens with two attached hydrogens (primary N) is 1. The van der Waals surface area contributed by atoms with Crippen LogP contribution >= 0.6 is 11.6 Å². The van der Waals surface area contributed by atoms with Crippen molar-refractivity contribution >= 4 is 23.3 Å². The van der Waals surface area contributed by atoms with Crippen molar-refractivity contribution in [1.29, 1.82) is 0 Å². The van der Waals surface area contributed by atoms with Crippen LogP contribution in [0.25, 0.3) is 11.1 Å². The van der Waals surface area contributed by atoms with Gasteiger partial charge < -0.3 is 15.0 Å². The summed E-state index contributed by atoms with van der Waals surface area (Å²) in [5.41, 5.74) is 5.34. The molecule has 4 aromatic rings. The number of hydrogen-bond donors (Lipinski definition) is 1. The molecule has 0 saturated carbocycles. The normalized spacial score (nSPS) is 11.7. The first-order chi connectivity index (χ1) is 18.2. The van der Waals surface area contributed by atoms with E-state index in [2.05, 4.69) is 4.98 Å². The SMILES string of the molecule is COc1cn(C(Cc2ccccn2)C(=O)Cc2ccc(C(N)=O)c(F)c2)c(=O)cc1-c1cc(Cl)ccc1F. The fraction of sp³-hybridized carbons (Fsp3) is 0.143. The van der Waals surface area contributed by atoms with E-state index in [1.54, 1.807) is 24.4 Å². The van der Waals surface area contributed by atoms with Crippen molar-refractivity contribution < 1.29 is 23.1 Å². The van der Waals surface area contributed by atoms with Gasteiger partial charge in [0.25, 0.3) is 11.5 Å².